The Labute approximate surface area is 122 Å². The zero-order valence-electron chi connectivity index (χ0n) is 13.5. The van der Waals surface area contributed by atoms with E-state index in [9.17, 15) is 4.57 Å². The highest BCUT2D eigenvalue weighted by molar-refractivity contribution is 7.44. The third-order valence-corrected chi connectivity index (χ3v) is 5.38. The van der Waals surface area contributed by atoms with Crippen LogP contribution in [0.25, 0.3) is 0 Å². The van der Waals surface area contributed by atoms with E-state index in [1.165, 1.54) is 83.5 Å². The molecular formula is C17H36OP+. The van der Waals surface area contributed by atoms with Crippen LogP contribution in [0.1, 0.15) is 97.3 Å². The first kappa shape index (κ1) is 19.1. The number of rotatable bonds is 15. The van der Waals surface area contributed by atoms with Gasteiger partial charge in [0.1, 0.15) is 12.3 Å². The Morgan fingerprint density at radius 1 is 0.579 bits per heavy atom. The van der Waals surface area contributed by atoms with Crippen LogP contribution in [0.2, 0.25) is 0 Å². The molecule has 0 N–H and O–H groups in total. The number of hydrogen-bond acceptors (Lipinski definition) is 1. The Kier molecular flexibility index (Phi) is 16.2. The van der Waals surface area contributed by atoms with Crippen molar-refractivity contribution in [3.05, 3.63) is 0 Å². The molecule has 0 bridgehead atoms. The van der Waals surface area contributed by atoms with E-state index in [4.69, 9.17) is 0 Å². The number of hydrogen-bond donors (Lipinski definition) is 0. The Morgan fingerprint density at radius 2 is 0.947 bits per heavy atom. The Balaban J connectivity index is 2.97. The van der Waals surface area contributed by atoms with Gasteiger partial charge in [0.2, 0.25) is 0 Å². The fourth-order valence-electron chi connectivity index (χ4n) is 2.46. The number of unbranched alkanes of at least 4 members (excludes halogenated alkanes) is 12. The predicted molar refractivity (Wildman–Crippen MR) is 88.7 cm³/mol. The fourth-order valence-corrected chi connectivity index (χ4v) is 3.36. The van der Waals surface area contributed by atoms with E-state index < -0.39 is 7.80 Å². The summed E-state index contributed by atoms with van der Waals surface area (Å²) in [6.45, 7) is 4.31. The lowest BCUT2D eigenvalue weighted by molar-refractivity contribution is 0.541. The van der Waals surface area contributed by atoms with Gasteiger partial charge in [-0.2, -0.15) is 0 Å². The second-order valence-electron chi connectivity index (χ2n) is 5.76. The van der Waals surface area contributed by atoms with Crippen molar-refractivity contribution < 1.29 is 4.57 Å². The molecule has 0 aromatic heterocycles. The Morgan fingerprint density at radius 3 is 1.32 bits per heavy atom. The monoisotopic (exact) mass is 287 g/mol. The molecule has 1 atom stereocenters. The van der Waals surface area contributed by atoms with Crippen molar-refractivity contribution in [1.29, 1.82) is 0 Å². The molecule has 0 radical (unpaired) electrons. The van der Waals surface area contributed by atoms with Gasteiger partial charge in [-0.15, -0.1) is 0 Å². The average molecular weight is 287 g/mol. The largest absolute Gasteiger partial charge is 0.338 e. The van der Waals surface area contributed by atoms with Crippen molar-refractivity contribution in [1.82, 2.24) is 0 Å². The summed E-state index contributed by atoms with van der Waals surface area (Å²) in [5.74, 6) is 0. The molecule has 0 aliphatic heterocycles. The molecule has 2 heteroatoms. The van der Waals surface area contributed by atoms with E-state index in [0.717, 1.165) is 12.3 Å². The van der Waals surface area contributed by atoms with Crippen LogP contribution in [0.4, 0.5) is 0 Å². The second kappa shape index (κ2) is 16.2. The van der Waals surface area contributed by atoms with Crippen LogP contribution in [-0.4, -0.2) is 12.3 Å². The standard InChI is InChI=1S/C17H36OP/c1-3-5-6-7-8-9-10-11-12-13-14-15-16-17-19(18)4-2/h3-17H2,1-2H3/q+1. The third kappa shape index (κ3) is 16.0. The zero-order valence-corrected chi connectivity index (χ0v) is 14.4. The predicted octanol–water partition coefficient (Wildman–Crippen LogP) is 6.92. The quantitative estimate of drug-likeness (QED) is 0.236. The van der Waals surface area contributed by atoms with E-state index >= 15 is 0 Å². The minimum absolute atomic E-state index is 0.868. The lowest BCUT2D eigenvalue weighted by Crippen LogP contribution is -1.84. The molecule has 0 rings (SSSR count). The van der Waals surface area contributed by atoms with E-state index in [-0.39, 0.29) is 0 Å². The van der Waals surface area contributed by atoms with E-state index in [1.54, 1.807) is 0 Å². The van der Waals surface area contributed by atoms with Gasteiger partial charge in [0, 0.05) is 0 Å². The summed E-state index contributed by atoms with van der Waals surface area (Å²) >= 11 is 0. The maximum atomic E-state index is 11.3. The normalized spacial score (nSPS) is 11.8. The fraction of sp³-hybridized carbons (Fsp3) is 1.00. The first-order chi connectivity index (χ1) is 9.31. The van der Waals surface area contributed by atoms with Crippen LogP contribution >= 0.6 is 7.80 Å². The van der Waals surface area contributed by atoms with Gasteiger partial charge >= 0.3 is 7.80 Å². The van der Waals surface area contributed by atoms with Gasteiger partial charge in [0.25, 0.3) is 0 Å². The summed E-state index contributed by atoms with van der Waals surface area (Å²) in [5, 5.41) is 0. The summed E-state index contributed by atoms with van der Waals surface area (Å²) < 4.78 is 11.3. The molecule has 0 aromatic carbocycles. The van der Waals surface area contributed by atoms with Crippen molar-refractivity contribution in [3.8, 4) is 0 Å². The maximum absolute atomic E-state index is 11.3. The molecule has 0 saturated heterocycles. The van der Waals surface area contributed by atoms with E-state index in [1.807, 2.05) is 6.92 Å². The summed E-state index contributed by atoms with van der Waals surface area (Å²) in [5.41, 5.74) is 0. The summed E-state index contributed by atoms with van der Waals surface area (Å²) in [6.07, 6.45) is 19.9. The molecule has 0 aliphatic rings. The van der Waals surface area contributed by atoms with Crippen LogP contribution in [0.5, 0.6) is 0 Å². The molecule has 0 spiro atoms. The molecule has 0 amide bonds. The zero-order chi connectivity index (χ0) is 14.2. The molecule has 0 heterocycles. The lowest BCUT2D eigenvalue weighted by atomic mass is 10.1. The molecular weight excluding hydrogens is 251 g/mol. The molecule has 1 nitrogen and oxygen atoms in total. The van der Waals surface area contributed by atoms with Gasteiger partial charge in [-0.25, -0.2) is 0 Å². The minimum Gasteiger partial charge on any atom is -0.0749 e. The highest BCUT2D eigenvalue weighted by Crippen LogP contribution is 2.21. The topological polar surface area (TPSA) is 17.1 Å². The van der Waals surface area contributed by atoms with Gasteiger partial charge in [0.05, 0.1) is 0 Å². The van der Waals surface area contributed by atoms with Gasteiger partial charge in [-0.1, -0.05) is 82.1 Å². The highest BCUT2D eigenvalue weighted by atomic mass is 31.1. The lowest BCUT2D eigenvalue weighted by Gasteiger charge is -2.02. The maximum Gasteiger partial charge on any atom is 0.338 e. The van der Waals surface area contributed by atoms with Crippen LogP contribution < -0.4 is 0 Å². The minimum atomic E-state index is -0.868. The van der Waals surface area contributed by atoms with Crippen molar-refractivity contribution in [2.24, 2.45) is 0 Å². The van der Waals surface area contributed by atoms with Crippen molar-refractivity contribution >= 4 is 7.80 Å². The van der Waals surface area contributed by atoms with Crippen molar-refractivity contribution in [2.45, 2.75) is 97.3 Å². The molecule has 0 aliphatic carbocycles. The molecule has 1 unspecified atom stereocenters. The summed E-state index contributed by atoms with van der Waals surface area (Å²) in [6, 6.07) is 0. The molecule has 0 fully saturated rings. The van der Waals surface area contributed by atoms with E-state index in [0.29, 0.717) is 0 Å². The highest BCUT2D eigenvalue weighted by Gasteiger charge is 2.08. The van der Waals surface area contributed by atoms with Crippen LogP contribution in [0.3, 0.4) is 0 Å². The first-order valence-electron chi connectivity index (χ1n) is 8.73. The smallest absolute Gasteiger partial charge is 0.0749 e. The Hall–Kier alpha value is 0.100. The van der Waals surface area contributed by atoms with Gasteiger partial charge in [-0.05, 0) is 19.8 Å². The van der Waals surface area contributed by atoms with Crippen LogP contribution in [0, 0.1) is 0 Å². The van der Waals surface area contributed by atoms with Crippen molar-refractivity contribution in [3.63, 3.8) is 0 Å². The second-order valence-corrected chi connectivity index (χ2v) is 7.81. The average Bonchev–Trinajstić information content (AvgIpc) is 2.43. The summed E-state index contributed by atoms with van der Waals surface area (Å²) in [7, 11) is -0.868. The SMILES string of the molecule is CCCCCCCCCCCCCCC[P+](=O)CC. The molecule has 0 saturated carbocycles. The van der Waals surface area contributed by atoms with Crippen molar-refractivity contribution in [2.75, 3.05) is 12.3 Å². The van der Waals surface area contributed by atoms with Crippen LogP contribution in [-0.2, 0) is 4.57 Å². The first-order valence-corrected chi connectivity index (χ1v) is 10.4. The van der Waals surface area contributed by atoms with Crippen LogP contribution in [0.15, 0.2) is 0 Å². The molecule has 0 aromatic rings. The van der Waals surface area contributed by atoms with Gasteiger partial charge < -0.3 is 0 Å². The van der Waals surface area contributed by atoms with Gasteiger partial charge in [0.15, 0.2) is 0 Å². The Bertz CT molecular complexity index is 192. The molecule has 114 valence electrons. The summed E-state index contributed by atoms with van der Waals surface area (Å²) in [4.78, 5) is 0. The van der Waals surface area contributed by atoms with E-state index in [2.05, 4.69) is 6.92 Å². The molecule has 19 heavy (non-hydrogen) atoms. The third-order valence-electron chi connectivity index (χ3n) is 3.86. The van der Waals surface area contributed by atoms with Gasteiger partial charge in [-0.3, -0.25) is 0 Å².